The Kier molecular flexibility index (Phi) is 3.02. The normalized spacial score (nSPS) is 20.1. The van der Waals surface area contributed by atoms with E-state index in [2.05, 4.69) is 25.6 Å². The van der Waals surface area contributed by atoms with Gasteiger partial charge in [0, 0.05) is 13.6 Å². The number of hydrogen-bond acceptors (Lipinski definition) is 5. The smallest absolute Gasteiger partial charge is 0.242 e. The van der Waals surface area contributed by atoms with Gasteiger partial charge in [0.2, 0.25) is 11.9 Å². The number of hydrogen-bond donors (Lipinski definition) is 2. The summed E-state index contributed by atoms with van der Waals surface area (Å²) in [7, 11) is 1.89. The molecule has 0 aromatic carbocycles. The van der Waals surface area contributed by atoms with Gasteiger partial charge in [0.15, 0.2) is 5.65 Å². The maximum atomic E-state index is 11.8. The maximum Gasteiger partial charge on any atom is 0.242 e. The number of amides is 1. The molecule has 2 aromatic heterocycles. The van der Waals surface area contributed by atoms with E-state index in [1.165, 1.54) is 0 Å². The highest BCUT2D eigenvalue weighted by molar-refractivity contribution is 5.84. The summed E-state index contributed by atoms with van der Waals surface area (Å²) in [6.07, 6.45) is 6.25. The van der Waals surface area contributed by atoms with Crippen LogP contribution in [0.15, 0.2) is 12.5 Å². The Labute approximate surface area is 110 Å². The van der Waals surface area contributed by atoms with E-state index in [1.54, 1.807) is 12.5 Å². The van der Waals surface area contributed by atoms with Crippen molar-refractivity contribution in [2.75, 3.05) is 11.9 Å². The van der Waals surface area contributed by atoms with Gasteiger partial charge in [-0.25, -0.2) is 9.97 Å². The van der Waals surface area contributed by atoms with Crippen LogP contribution in [-0.4, -0.2) is 38.0 Å². The van der Waals surface area contributed by atoms with E-state index < -0.39 is 0 Å². The van der Waals surface area contributed by atoms with Crippen LogP contribution in [0.5, 0.6) is 0 Å². The van der Waals surface area contributed by atoms with E-state index in [1.807, 2.05) is 11.6 Å². The number of carbonyl (C=O) groups excluding carboxylic acids is 1. The lowest BCUT2D eigenvalue weighted by Crippen LogP contribution is -2.38. The molecule has 7 heteroatoms. The third kappa shape index (κ3) is 2.35. The van der Waals surface area contributed by atoms with Crippen molar-refractivity contribution in [3.05, 3.63) is 12.5 Å². The van der Waals surface area contributed by atoms with Gasteiger partial charge >= 0.3 is 0 Å². The van der Waals surface area contributed by atoms with Crippen LogP contribution < -0.4 is 10.6 Å². The first kappa shape index (κ1) is 11.9. The lowest BCUT2D eigenvalue weighted by atomic mass is 10.1. The number of nitrogens with zero attached hydrogens (tertiary/aromatic N) is 4. The minimum Gasteiger partial charge on any atom is -0.354 e. The Hall–Kier alpha value is -2.18. The Morgan fingerprint density at radius 1 is 1.42 bits per heavy atom. The lowest BCUT2D eigenvalue weighted by Gasteiger charge is -2.14. The molecule has 3 rings (SSSR count). The molecule has 2 aromatic rings. The number of aromatic nitrogens is 4. The van der Waals surface area contributed by atoms with Crippen molar-refractivity contribution in [2.45, 2.75) is 25.3 Å². The maximum absolute atomic E-state index is 11.8. The van der Waals surface area contributed by atoms with Crippen LogP contribution in [0.4, 0.5) is 5.95 Å². The van der Waals surface area contributed by atoms with Crippen molar-refractivity contribution in [3.8, 4) is 0 Å². The summed E-state index contributed by atoms with van der Waals surface area (Å²) in [6, 6.07) is -0.260. The first-order valence-corrected chi connectivity index (χ1v) is 6.42. The molecular weight excluding hydrogens is 244 g/mol. The Morgan fingerprint density at radius 3 is 3.21 bits per heavy atom. The van der Waals surface area contributed by atoms with Gasteiger partial charge < -0.3 is 15.2 Å². The summed E-state index contributed by atoms with van der Waals surface area (Å²) in [5, 5.41) is 5.97. The third-order valence-electron chi connectivity index (χ3n) is 3.32. The monoisotopic (exact) mass is 260 g/mol. The number of carbonyl (C=O) groups is 1. The Bertz CT molecular complexity index is 607. The molecule has 0 radical (unpaired) electrons. The average molecular weight is 260 g/mol. The van der Waals surface area contributed by atoms with Gasteiger partial charge in [-0.2, -0.15) is 4.98 Å². The Morgan fingerprint density at radius 2 is 2.32 bits per heavy atom. The zero-order valence-electron chi connectivity index (χ0n) is 10.8. The second kappa shape index (κ2) is 4.83. The third-order valence-corrected chi connectivity index (χ3v) is 3.32. The number of imidazole rings is 1. The number of aryl methyl sites for hydroxylation is 1. The van der Waals surface area contributed by atoms with Crippen molar-refractivity contribution in [3.63, 3.8) is 0 Å². The summed E-state index contributed by atoms with van der Waals surface area (Å²) in [5.41, 5.74) is 1.50. The van der Waals surface area contributed by atoms with Gasteiger partial charge in [-0.3, -0.25) is 4.79 Å². The van der Waals surface area contributed by atoms with E-state index in [-0.39, 0.29) is 11.9 Å². The largest absolute Gasteiger partial charge is 0.354 e. The molecule has 1 atom stereocenters. The number of fused-ring (bicyclic) bond motifs is 1. The van der Waals surface area contributed by atoms with Crippen LogP contribution in [0.3, 0.4) is 0 Å². The fourth-order valence-electron chi connectivity index (χ4n) is 2.22. The average Bonchev–Trinajstić information content (AvgIpc) is 2.65. The predicted molar refractivity (Wildman–Crippen MR) is 70.6 cm³/mol. The number of nitrogens with one attached hydrogen (secondary N) is 2. The van der Waals surface area contributed by atoms with Crippen LogP contribution in [0, 0.1) is 0 Å². The van der Waals surface area contributed by atoms with Gasteiger partial charge in [0.25, 0.3) is 0 Å². The molecule has 1 aliphatic heterocycles. The van der Waals surface area contributed by atoms with Crippen molar-refractivity contribution in [1.82, 2.24) is 24.8 Å². The number of rotatable bonds is 2. The fraction of sp³-hybridized carbons (Fsp3) is 0.500. The van der Waals surface area contributed by atoms with Crippen molar-refractivity contribution >= 4 is 23.0 Å². The molecule has 1 amide bonds. The number of anilines is 1. The molecule has 0 aliphatic carbocycles. The highest BCUT2D eigenvalue weighted by Crippen LogP contribution is 2.13. The molecule has 19 heavy (non-hydrogen) atoms. The SMILES string of the molecule is Cn1cnc2nc(NC3CCCCNC3=O)ncc21. The second-order valence-corrected chi connectivity index (χ2v) is 4.74. The predicted octanol–water partition coefficient (Wildman–Crippen LogP) is 0.444. The summed E-state index contributed by atoms with van der Waals surface area (Å²) in [4.78, 5) is 24.6. The molecular formula is C12H16N6O. The van der Waals surface area contributed by atoms with Gasteiger partial charge in [-0.15, -0.1) is 0 Å². The quantitative estimate of drug-likeness (QED) is 0.818. The molecule has 7 nitrogen and oxygen atoms in total. The topological polar surface area (TPSA) is 84.7 Å². The molecule has 1 saturated heterocycles. The molecule has 1 aliphatic rings. The van der Waals surface area contributed by atoms with Crippen LogP contribution in [0.2, 0.25) is 0 Å². The van der Waals surface area contributed by atoms with Crippen molar-refractivity contribution in [2.24, 2.45) is 7.05 Å². The summed E-state index contributed by atoms with van der Waals surface area (Å²) in [6.45, 7) is 0.747. The van der Waals surface area contributed by atoms with Crippen molar-refractivity contribution < 1.29 is 4.79 Å². The zero-order chi connectivity index (χ0) is 13.2. The molecule has 2 N–H and O–H groups in total. The van der Waals surface area contributed by atoms with Crippen LogP contribution in [-0.2, 0) is 11.8 Å². The first-order chi connectivity index (χ1) is 9.24. The molecule has 0 saturated carbocycles. The molecule has 3 heterocycles. The van der Waals surface area contributed by atoms with Gasteiger partial charge in [-0.1, -0.05) is 0 Å². The summed E-state index contributed by atoms with van der Waals surface area (Å²) < 4.78 is 1.86. The van der Waals surface area contributed by atoms with Gasteiger partial charge in [0.1, 0.15) is 11.6 Å². The van der Waals surface area contributed by atoms with E-state index in [0.29, 0.717) is 11.6 Å². The Balaban J connectivity index is 1.82. The van der Waals surface area contributed by atoms with Gasteiger partial charge in [0.05, 0.1) is 12.5 Å². The molecule has 100 valence electrons. The lowest BCUT2D eigenvalue weighted by molar-refractivity contribution is -0.121. The molecule has 0 bridgehead atoms. The van der Waals surface area contributed by atoms with E-state index >= 15 is 0 Å². The zero-order valence-corrected chi connectivity index (χ0v) is 10.8. The van der Waals surface area contributed by atoms with E-state index in [9.17, 15) is 4.79 Å². The molecule has 0 spiro atoms. The minimum absolute atomic E-state index is 0.0159. The summed E-state index contributed by atoms with van der Waals surface area (Å²) in [5.74, 6) is 0.468. The van der Waals surface area contributed by atoms with Crippen LogP contribution in [0.1, 0.15) is 19.3 Å². The summed E-state index contributed by atoms with van der Waals surface area (Å²) >= 11 is 0. The van der Waals surface area contributed by atoms with Crippen LogP contribution >= 0.6 is 0 Å². The van der Waals surface area contributed by atoms with Gasteiger partial charge in [-0.05, 0) is 19.3 Å². The standard InChI is InChI=1S/C12H16N6O/c1-18-7-15-10-9(18)6-14-12(17-10)16-8-4-2-3-5-13-11(8)19/h6-8H,2-5H2,1H3,(H,13,19)(H,14,16,17). The van der Waals surface area contributed by atoms with Crippen LogP contribution in [0.25, 0.3) is 11.2 Å². The first-order valence-electron chi connectivity index (χ1n) is 6.42. The van der Waals surface area contributed by atoms with E-state index in [0.717, 1.165) is 31.3 Å². The second-order valence-electron chi connectivity index (χ2n) is 4.74. The van der Waals surface area contributed by atoms with E-state index in [4.69, 9.17) is 0 Å². The highest BCUT2D eigenvalue weighted by Gasteiger charge is 2.21. The highest BCUT2D eigenvalue weighted by atomic mass is 16.2. The minimum atomic E-state index is -0.260. The molecule has 1 fully saturated rings. The fourth-order valence-corrected chi connectivity index (χ4v) is 2.22. The van der Waals surface area contributed by atoms with Crippen molar-refractivity contribution in [1.29, 1.82) is 0 Å². The molecule has 1 unspecified atom stereocenters.